The Morgan fingerprint density at radius 1 is 1.07 bits per heavy atom. The summed E-state index contributed by atoms with van der Waals surface area (Å²) < 4.78 is 17.2. The van der Waals surface area contributed by atoms with Crippen molar-refractivity contribution in [3.8, 4) is 5.69 Å². The number of carbonyl (C=O) groups excluding carboxylic acids is 1. The van der Waals surface area contributed by atoms with Crippen LogP contribution >= 0.6 is 0 Å². The maximum Gasteiger partial charge on any atom is 0.259 e. The van der Waals surface area contributed by atoms with Gasteiger partial charge in [0.05, 0.1) is 41.1 Å². The van der Waals surface area contributed by atoms with Gasteiger partial charge in [-0.1, -0.05) is 36.4 Å². The molecule has 0 saturated heterocycles. The lowest BCUT2D eigenvalue weighted by atomic mass is 10.2. The van der Waals surface area contributed by atoms with E-state index in [1.807, 2.05) is 44.2 Å². The number of hydrogen-bond donors (Lipinski definition) is 1. The molecule has 0 aliphatic rings. The summed E-state index contributed by atoms with van der Waals surface area (Å²) in [4.78, 5) is 12.9. The van der Waals surface area contributed by atoms with E-state index in [2.05, 4.69) is 15.5 Å². The molecule has 0 spiro atoms. The summed E-state index contributed by atoms with van der Waals surface area (Å²) in [7, 11) is 0. The van der Waals surface area contributed by atoms with Gasteiger partial charge in [0.2, 0.25) is 0 Å². The first-order valence-corrected chi connectivity index (χ1v) is 9.22. The van der Waals surface area contributed by atoms with Crippen molar-refractivity contribution in [2.24, 2.45) is 0 Å². The highest BCUT2D eigenvalue weighted by atomic mass is 19.1. The van der Waals surface area contributed by atoms with E-state index in [0.717, 1.165) is 11.4 Å². The van der Waals surface area contributed by atoms with Crippen LogP contribution in [0.15, 0.2) is 67.0 Å². The Balaban J connectivity index is 1.53. The molecule has 2 aromatic heterocycles. The van der Waals surface area contributed by atoms with Crippen molar-refractivity contribution < 1.29 is 9.18 Å². The van der Waals surface area contributed by atoms with Crippen LogP contribution in [-0.4, -0.2) is 25.5 Å². The van der Waals surface area contributed by atoms with Crippen molar-refractivity contribution in [3.05, 3.63) is 95.3 Å². The van der Waals surface area contributed by atoms with Gasteiger partial charge in [-0.3, -0.25) is 9.48 Å². The van der Waals surface area contributed by atoms with Crippen LogP contribution in [0.4, 0.5) is 10.1 Å². The molecule has 0 saturated carbocycles. The molecule has 2 aromatic carbocycles. The van der Waals surface area contributed by atoms with E-state index >= 15 is 0 Å². The van der Waals surface area contributed by atoms with Crippen molar-refractivity contribution >= 4 is 11.6 Å². The van der Waals surface area contributed by atoms with Gasteiger partial charge in [-0.25, -0.2) is 9.07 Å². The van der Waals surface area contributed by atoms with Crippen molar-refractivity contribution in [1.82, 2.24) is 19.6 Å². The van der Waals surface area contributed by atoms with E-state index in [0.29, 0.717) is 22.5 Å². The average molecular weight is 389 g/mol. The number of hydrogen-bond acceptors (Lipinski definition) is 3. The zero-order valence-corrected chi connectivity index (χ0v) is 16.1. The molecule has 7 heteroatoms. The van der Waals surface area contributed by atoms with Gasteiger partial charge in [0.1, 0.15) is 5.82 Å². The number of carbonyl (C=O) groups is 1. The number of benzene rings is 2. The van der Waals surface area contributed by atoms with E-state index in [1.54, 1.807) is 40.0 Å². The van der Waals surface area contributed by atoms with E-state index in [-0.39, 0.29) is 18.3 Å². The quantitative estimate of drug-likeness (QED) is 0.558. The van der Waals surface area contributed by atoms with E-state index < -0.39 is 0 Å². The zero-order valence-electron chi connectivity index (χ0n) is 16.1. The van der Waals surface area contributed by atoms with Crippen LogP contribution in [0.5, 0.6) is 0 Å². The summed E-state index contributed by atoms with van der Waals surface area (Å²) >= 11 is 0. The smallest absolute Gasteiger partial charge is 0.259 e. The van der Waals surface area contributed by atoms with Crippen molar-refractivity contribution in [1.29, 1.82) is 0 Å². The predicted octanol–water partition coefficient (Wildman–Crippen LogP) is 4.13. The normalized spacial score (nSPS) is 10.9. The molecular weight excluding hydrogens is 369 g/mol. The minimum atomic E-state index is -0.284. The lowest BCUT2D eigenvalue weighted by molar-refractivity contribution is 0.102. The Morgan fingerprint density at radius 2 is 1.79 bits per heavy atom. The first-order chi connectivity index (χ1) is 14.0. The van der Waals surface area contributed by atoms with Gasteiger partial charge < -0.3 is 5.32 Å². The Bertz CT molecular complexity index is 1160. The Labute approximate surface area is 167 Å². The third-order valence-corrected chi connectivity index (χ3v) is 4.70. The summed E-state index contributed by atoms with van der Waals surface area (Å²) in [5.74, 6) is -0.541. The van der Waals surface area contributed by atoms with E-state index in [1.165, 1.54) is 6.07 Å². The number of nitrogens with zero attached hydrogens (tertiary/aromatic N) is 4. The third-order valence-electron chi connectivity index (χ3n) is 4.70. The van der Waals surface area contributed by atoms with Gasteiger partial charge in [-0.15, -0.1) is 0 Å². The maximum atomic E-state index is 13.8. The number of aryl methyl sites for hydroxylation is 1. The fourth-order valence-corrected chi connectivity index (χ4v) is 3.30. The summed E-state index contributed by atoms with van der Waals surface area (Å²) in [6.45, 7) is 3.96. The second-order valence-electron chi connectivity index (χ2n) is 6.77. The molecule has 0 aliphatic carbocycles. The molecule has 0 fully saturated rings. The van der Waals surface area contributed by atoms with Crippen LogP contribution in [-0.2, 0) is 6.54 Å². The van der Waals surface area contributed by atoms with Gasteiger partial charge in [0.25, 0.3) is 5.91 Å². The fraction of sp³-hybridized carbons (Fsp3) is 0.136. The molecule has 0 aliphatic heterocycles. The van der Waals surface area contributed by atoms with Gasteiger partial charge in [0.15, 0.2) is 0 Å². The number of aromatic nitrogens is 4. The third kappa shape index (κ3) is 3.80. The van der Waals surface area contributed by atoms with Crippen LogP contribution in [0, 0.1) is 19.7 Å². The average Bonchev–Trinajstić information content (AvgIpc) is 3.27. The highest BCUT2D eigenvalue weighted by molar-refractivity contribution is 6.05. The topological polar surface area (TPSA) is 64.7 Å². The molecule has 6 nitrogen and oxygen atoms in total. The molecule has 4 rings (SSSR count). The van der Waals surface area contributed by atoms with Crippen LogP contribution in [0.3, 0.4) is 0 Å². The van der Waals surface area contributed by atoms with Crippen LogP contribution in [0.2, 0.25) is 0 Å². The summed E-state index contributed by atoms with van der Waals surface area (Å²) in [5.41, 5.74) is 3.88. The van der Waals surface area contributed by atoms with Gasteiger partial charge in [-0.2, -0.15) is 10.2 Å². The summed E-state index contributed by atoms with van der Waals surface area (Å²) in [6.07, 6.45) is 3.22. The van der Waals surface area contributed by atoms with E-state index in [9.17, 15) is 9.18 Å². The molecule has 0 atom stereocenters. The first kappa shape index (κ1) is 18.6. The minimum Gasteiger partial charge on any atom is -0.319 e. The Kier molecular flexibility index (Phi) is 4.95. The predicted molar refractivity (Wildman–Crippen MR) is 109 cm³/mol. The molecule has 29 heavy (non-hydrogen) atoms. The van der Waals surface area contributed by atoms with Crippen LogP contribution < -0.4 is 5.32 Å². The molecule has 0 radical (unpaired) electrons. The number of amides is 1. The number of halogens is 1. The molecule has 0 bridgehead atoms. The molecule has 2 heterocycles. The number of anilines is 1. The van der Waals surface area contributed by atoms with Crippen LogP contribution in [0.1, 0.15) is 27.3 Å². The van der Waals surface area contributed by atoms with Gasteiger partial charge >= 0.3 is 0 Å². The summed E-state index contributed by atoms with van der Waals surface area (Å²) in [5, 5.41) is 11.6. The van der Waals surface area contributed by atoms with Crippen molar-refractivity contribution in [2.75, 3.05) is 5.32 Å². The maximum absolute atomic E-state index is 13.8. The second-order valence-corrected chi connectivity index (χ2v) is 6.77. The number of rotatable bonds is 5. The highest BCUT2D eigenvalue weighted by Gasteiger charge is 2.20. The first-order valence-electron chi connectivity index (χ1n) is 9.22. The number of para-hydroxylation sites is 1. The zero-order chi connectivity index (χ0) is 20.4. The lowest BCUT2D eigenvalue weighted by Crippen LogP contribution is -2.14. The number of nitrogens with one attached hydrogen (secondary N) is 1. The molecule has 1 N–H and O–H groups in total. The monoisotopic (exact) mass is 389 g/mol. The Hall–Kier alpha value is -3.74. The highest BCUT2D eigenvalue weighted by Crippen LogP contribution is 2.19. The Morgan fingerprint density at radius 3 is 2.55 bits per heavy atom. The largest absolute Gasteiger partial charge is 0.319 e. The standard InChI is InChI=1S/C22H20FN5O/c1-15-21(16(2)28(26-15)19-9-4-3-5-10-19)22(29)25-18-12-24-27(14-18)13-17-8-6-7-11-20(17)23/h3-12,14H,13H2,1-2H3,(H,25,29). The molecule has 4 aromatic rings. The van der Waals surface area contributed by atoms with Crippen molar-refractivity contribution in [3.63, 3.8) is 0 Å². The molecule has 1 amide bonds. The van der Waals surface area contributed by atoms with Gasteiger partial charge in [-0.05, 0) is 32.0 Å². The van der Waals surface area contributed by atoms with E-state index in [4.69, 9.17) is 0 Å². The lowest BCUT2D eigenvalue weighted by Gasteiger charge is -2.06. The molecular formula is C22H20FN5O. The van der Waals surface area contributed by atoms with Gasteiger partial charge in [0, 0.05) is 11.8 Å². The molecule has 0 unspecified atom stereocenters. The fourth-order valence-electron chi connectivity index (χ4n) is 3.30. The minimum absolute atomic E-state index is 0.257. The molecule has 146 valence electrons. The van der Waals surface area contributed by atoms with Crippen molar-refractivity contribution in [2.45, 2.75) is 20.4 Å². The summed E-state index contributed by atoms with van der Waals surface area (Å²) in [6, 6.07) is 16.2. The van der Waals surface area contributed by atoms with Crippen LogP contribution in [0.25, 0.3) is 5.69 Å². The SMILES string of the molecule is Cc1nn(-c2ccccc2)c(C)c1C(=O)Nc1cnn(Cc2ccccc2F)c1. The second kappa shape index (κ2) is 7.71.